The zero-order valence-corrected chi connectivity index (χ0v) is 9.18. The maximum atomic E-state index is 9.80. The number of benzene rings is 1. The Morgan fingerprint density at radius 1 is 1.50 bits per heavy atom. The van der Waals surface area contributed by atoms with Gasteiger partial charge in [-0.05, 0) is 12.0 Å². The van der Waals surface area contributed by atoms with Gasteiger partial charge in [0.15, 0.2) is 1.41 Å². The molecule has 0 aliphatic carbocycles. The number of aliphatic hydroxyl groups excluding tert-OH is 1. The number of hydrogen-bond acceptors (Lipinski definition) is 3. The van der Waals surface area contributed by atoms with E-state index in [4.69, 9.17) is 6.15 Å². The van der Waals surface area contributed by atoms with Gasteiger partial charge in [0.05, 0.1) is 5.57 Å². The van der Waals surface area contributed by atoms with Crippen LogP contribution in [0.15, 0.2) is 41.9 Å². The largest absolute Gasteiger partial charge is 0.481 e. The summed E-state index contributed by atoms with van der Waals surface area (Å²) in [5.41, 5.74) is 2.22. The molecule has 3 heteroatoms. The van der Waals surface area contributed by atoms with Crippen molar-refractivity contribution < 1.29 is 11.3 Å². The van der Waals surface area contributed by atoms with Gasteiger partial charge >= 0.3 is 0 Å². The lowest BCUT2D eigenvalue weighted by atomic mass is 9.96. The van der Waals surface area contributed by atoms with Crippen LogP contribution < -0.4 is 0 Å². The van der Waals surface area contributed by atoms with Gasteiger partial charge in [0.2, 0.25) is 0 Å². The van der Waals surface area contributed by atoms with Gasteiger partial charge < -0.3 is 15.2 Å². The van der Waals surface area contributed by atoms with Crippen molar-refractivity contribution in [3.63, 3.8) is 0 Å². The van der Waals surface area contributed by atoms with Gasteiger partial charge in [0.25, 0.3) is 5.95 Å². The van der Waals surface area contributed by atoms with Crippen LogP contribution in [-0.4, -0.2) is 10.8 Å². The molecule has 1 aliphatic rings. The molecule has 1 aromatic rings. The molecule has 1 heterocycles. The highest BCUT2D eigenvalue weighted by molar-refractivity contribution is 5.98. The molecule has 84 valence electrons. The summed E-state index contributed by atoms with van der Waals surface area (Å²) in [5, 5.41) is 13.3. The first-order chi connectivity index (χ1) is 8.26. The van der Waals surface area contributed by atoms with Crippen LogP contribution in [-0.2, 0) is 4.74 Å². The lowest BCUT2D eigenvalue weighted by Crippen LogP contribution is -2.19. The van der Waals surface area contributed by atoms with E-state index in [1.165, 1.54) is 0 Å². The Morgan fingerprint density at radius 2 is 2.25 bits per heavy atom. The molecule has 0 saturated heterocycles. The average molecular weight is 217 g/mol. The van der Waals surface area contributed by atoms with Crippen molar-refractivity contribution in [2.24, 2.45) is 0 Å². The minimum Gasteiger partial charge on any atom is -0.481 e. The van der Waals surface area contributed by atoms with Crippen LogP contribution in [0.2, 0.25) is 1.41 Å². The van der Waals surface area contributed by atoms with Gasteiger partial charge in [-0.15, -0.1) is 0 Å². The minimum absolute atomic E-state index is 0.0985. The van der Waals surface area contributed by atoms with Crippen LogP contribution in [0.4, 0.5) is 0 Å². The highest BCUT2D eigenvalue weighted by atomic mass is 16.6. The third kappa shape index (κ3) is 1.94. The molecule has 0 radical (unpaired) electrons. The van der Waals surface area contributed by atoms with E-state index < -0.39 is 0 Å². The number of nitrogens with one attached hydrogen (secondary N) is 1. The summed E-state index contributed by atoms with van der Waals surface area (Å²) in [6, 6.07) is 9.66. The van der Waals surface area contributed by atoms with Crippen LogP contribution in [0.5, 0.6) is 0 Å². The summed E-state index contributed by atoms with van der Waals surface area (Å²) in [7, 11) is 0. The van der Waals surface area contributed by atoms with Crippen molar-refractivity contribution >= 4 is 5.71 Å². The predicted molar refractivity (Wildman–Crippen MR) is 62.6 cm³/mol. The molecule has 2 N–H and O–H groups in total. The van der Waals surface area contributed by atoms with Gasteiger partial charge in [-0.2, -0.15) is 0 Å². The maximum Gasteiger partial charge on any atom is 0.282 e. The van der Waals surface area contributed by atoms with Gasteiger partial charge in [-0.25, -0.2) is 0 Å². The molecule has 0 amide bonds. The minimum atomic E-state index is -0.254. The molecule has 0 spiro atoms. The van der Waals surface area contributed by atoms with Crippen LogP contribution >= 0.6 is 0 Å². The molecule has 2 rings (SSSR count). The molecule has 0 aromatic heterocycles. The molecule has 1 aliphatic heterocycles. The predicted octanol–water partition coefficient (Wildman–Crippen LogP) is 3.35. The monoisotopic (exact) mass is 217 g/mol. The molecule has 0 bridgehead atoms. The van der Waals surface area contributed by atoms with Crippen molar-refractivity contribution in [2.45, 2.75) is 25.9 Å². The van der Waals surface area contributed by atoms with E-state index >= 15 is 0 Å². The Morgan fingerprint density at radius 3 is 2.88 bits per heavy atom. The molecule has 3 nitrogen and oxygen atoms in total. The third-order valence-electron chi connectivity index (χ3n) is 2.76. The normalized spacial score (nSPS) is 24.2. The summed E-state index contributed by atoms with van der Waals surface area (Å²) in [5.74, 6) is -0.0985. The summed E-state index contributed by atoms with van der Waals surface area (Å²) in [4.78, 5) is 0. The molecular weight excluding hydrogens is 202 g/mol. The van der Waals surface area contributed by atoms with Crippen molar-refractivity contribution in [1.82, 2.24) is 0 Å². The Hall–Kier alpha value is -1.77. The summed E-state index contributed by atoms with van der Waals surface area (Å²) >= 11 is 0. The topological polar surface area (TPSA) is 53.3 Å². The molecule has 1 aromatic carbocycles. The second kappa shape index (κ2) is 4.39. The second-order valence-electron chi connectivity index (χ2n) is 3.81. The van der Waals surface area contributed by atoms with E-state index in [1.54, 1.807) is 0 Å². The van der Waals surface area contributed by atoms with Gasteiger partial charge in [0, 0.05) is 12.1 Å². The van der Waals surface area contributed by atoms with Gasteiger partial charge in [-0.1, -0.05) is 37.3 Å². The number of rotatable bonds is 2. The molecule has 0 saturated carbocycles. The molecular formula is C13H15NO2. The quantitative estimate of drug-likeness (QED) is 0.798. The zero-order chi connectivity index (χ0) is 12.3. The Bertz CT molecular complexity index is 444. The smallest absolute Gasteiger partial charge is 0.282 e. The van der Waals surface area contributed by atoms with Crippen molar-refractivity contribution in [1.29, 1.82) is 5.40 Å². The SMILES string of the molecule is [H]/N=C1\CC(c2ccccc2)OC(O)=C1CC. The van der Waals surface area contributed by atoms with Crippen LogP contribution in [0.1, 0.15) is 31.4 Å². The summed E-state index contributed by atoms with van der Waals surface area (Å²) in [6.45, 7) is 1.91. The lowest BCUT2D eigenvalue weighted by molar-refractivity contribution is 0.0262. The van der Waals surface area contributed by atoms with Crippen LogP contribution in [0.25, 0.3) is 0 Å². The number of allylic oxidation sites excluding steroid dienone is 1. The van der Waals surface area contributed by atoms with E-state index in [-0.39, 0.29) is 12.0 Å². The lowest BCUT2D eigenvalue weighted by Gasteiger charge is -2.25. The standard InChI is InChI=1S/C13H15NO2/c1-2-10-11(14)8-12(16-13(10)15)9-6-4-3-5-7-9/h3-7,12,14-15H,2,8H2,1H3/b14-11+. The Labute approximate surface area is 96.3 Å². The Kier molecular flexibility index (Phi) is 2.59. The highest BCUT2D eigenvalue weighted by Crippen LogP contribution is 2.31. The summed E-state index contributed by atoms with van der Waals surface area (Å²) < 4.78 is 12.6. The first kappa shape index (κ1) is 9.46. The molecule has 1 atom stereocenters. The van der Waals surface area contributed by atoms with E-state index in [2.05, 4.69) is 5.40 Å². The Balaban J connectivity index is 2.30. The average Bonchev–Trinajstić information content (AvgIpc) is 2.38. The molecule has 0 fully saturated rings. The number of hydrogen-bond donors (Lipinski definition) is 2. The van der Waals surface area contributed by atoms with Gasteiger partial charge in [0.1, 0.15) is 6.10 Å². The van der Waals surface area contributed by atoms with Crippen molar-refractivity contribution in [3.05, 3.63) is 47.4 Å². The summed E-state index contributed by atoms with van der Waals surface area (Å²) in [6.07, 6.45) is 0.891. The highest BCUT2D eigenvalue weighted by Gasteiger charge is 2.26. The van der Waals surface area contributed by atoms with E-state index in [0.717, 1.165) is 5.56 Å². The fraction of sp³-hybridized carbons (Fsp3) is 0.308. The van der Waals surface area contributed by atoms with Gasteiger partial charge in [-0.3, -0.25) is 0 Å². The maximum absolute atomic E-state index is 9.80. The first-order valence-electron chi connectivity index (χ1n) is 5.86. The second-order valence-corrected chi connectivity index (χ2v) is 3.81. The van der Waals surface area contributed by atoms with Crippen LogP contribution in [0.3, 0.4) is 0 Å². The molecule has 16 heavy (non-hydrogen) atoms. The third-order valence-corrected chi connectivity index (χ3v) is 2.76. The van der Waals surface area contributed by atoms with E-state index in [1.807, 2.05) is 37.3 Å². The fourth-order valence-electron chi connectivity index (χ4n) is 1.88. The fourth-order valence-corrected chi connectivity index (χ4v) is 1.88. The zero-order valence-electron chi connectivity index (χ0n) is 10.2. The number of aliphatic hydroxyl groups is 1. The first-order valence-corrected chi connectivity index (χ1v) is 5.41. The number of ether oxygens (including phenoxy) is 1. The van der Waals surface area contributed by atoms with Crippen molar-refractivity contribution in [3.8, 4) is 0 Å². The van der Waals surface area contributed by atoms with E-state index in [0.29, 0.717) is 24.1 Å². The van der Waals surface area contributed by atoms with Crippen molar-refractivity contribution in [2.75, 3.05) is 0 Å². The molecule has 1 unspecified atom stereocenters. The van der Waals surface area contributed by atoms with Crippen LogP contribution in [0, 0.1) is 5.40 Å². The van der Waals surface area contributed by atoms with E-state index in [9.17, 15) is 5.11 Å².